The topological polar surface area (TPSA) is 46.6 Å². The summed E-state index contributed by atoms with van der Waals surface area (Å²) >= 11 is 0. The van der Waals surface area contributed by atoms with Crippen molar-refractivity contribution in [1.29, 1.82) is 0 Å². The summed E-state index contributed by atoms with van der Waals surface area (Å²) < 4.78 is 5.34. The second kappa shape index (κ2) is 6.73. The molecule has 4 nitrogen and oxygen atoms in total. The van der Waals surface area contributed by atoms with Gasteiger partial charge >= 0.3 is 5.97 Å². The zero-order valence-corrected chi connectivity index (χ0v) is 12.3. The molecular formula is C15H25NO3. The summed E-state index contributed by atoms with van der Waals surface area (Å²) in [5, 5.41) is 0. The molecule has 0 saturated carbocycles. The maximum atomic E-state index is 11.8. The Morgan fingerprint density at radius 2 is 2.00 bits per heavy atom. The highest BCUT2D eigenvalue weighted by Gasteiger charge is 2.23. The average Bonchev–Trinajstić information content (AvgIpc) is 2.51. The van der Waals surface area contributed by atoms with Crippen LogP contribution in [-0.2, 0) is 14.3 Å². The fourth-order valence-corrected chi connectivity index (χ4v) is 2.34. The molecule has 1 aliphatic heterocycles. The Kier molecular flexibility index (Phi) is 5.58. The van der Waals surface area contributed by atoms with Crippen molar-refractivity contribution in [2.75, 3.05) is 13.1 Å². The fourth-order valence-electron chi connectivity index (χ4n) is 2.34. The van der Waals surface area contributed by atoms with E-state index in [9.17, 15) is 9.59 Å². The van der Waals surface area contributed by atoms with Gasteiger partial charge in [-0.15, -0.1) is 0 Å². The van der Waals surface area contributed by atoms with Crippen LogP contribution in [0.4, 0.5) is 0 Å². The monoisotopic (exact) mass is 267 g/mol. The molecule has 1 heterocycles. The third kappa shape index (κ3) is 5.90. The van der Waals surface area contributed by atoms with Gasteiger partial charge < -0.3 is 9.64 Å². The van der Waals surface area contributed by atoms with Crippen molar-refractivity contribution in [3.05, 3.63) is 12.7 Å². The lowest BCUT2D eigenvalue weighted by atomic mass is 9.97. The van der Waals surface area contributed by atoms with Crippen LogP contribution in [0, 0.1) is 5.92 Å². The number of nitrogens with zero attached hydrogens (tertiary/aromatic N) is 1. The Balaban J connectivity index is 2.43. The molecule has 108 valence electrons. The molecule has 0 spiro atoms. The van der Waals surface area contributed by atoms with Crippen LogP contribution in [0.25, 0.3) is 0 Å². The third-order valence-electron chi connectivity index (χ3n) is 3.21. The Morgan fingerprint density at radius 3 is 2.58 bits per heavy atom. The quantitative estimate of drug-likeness (QED) is 0.583. The van der Waals surface area contributed by atoms with Crippen LogP contribution < -0.4 is 0 Å². The van der Waals surface area contributed by atoms with Crippen LogP contribution in [0.5, 0.6) is 0 Å². The number of likely N-dealkylation sites (tertiary alicyclic amines) is 1. The molecule has 19 heavy (non-hydrogen) atoms. The molecule has 0 aromatic rings. The number of esters is 1. The van der Waals surface area contributed by atoms with Gasteiger partial charge in [0, 0.05) is 19.5 Å². The number of carbonyl (C=O) groups excluding carboxylic acids is 2. The van der Waals surface area contributed by atoms with Crippen molar-refractivity contribution in [2.24, 2.45) is 5.92 Å². The Morgan fingerprint density at radius 1 is 1.32 bits per heavy atom. The fraction of sp³-hybridized carbons (Fsp3) is 0.733. The van der Waals surface area contributed by atoms with E-state index in [1.165, 1.54) is 6.08 Å². The predicted octanol–water partition coefficient (Wildman–Crippen LogP) is 2.53. The molecule has 4 heteroatoms. The summed E-state index contributed by atoms with van der Waals surface area (Å²) in [6.45, 7) is 10.6. The van der Waals surface area contributed by atoms with Gasteiger partial charge in [-0.1, -0.05) is 6.58 Å². The maximum absolute atomic E-state index is 11.8. The standard InChI is InChI=1S/C15H25NO3/c1-5-13(17)16-9-6-7-12(8-10-16)11-14(18)19-15(2,3)4/h5,12H,1,6-11H2,2-4H3/t12-/m1/s1. The zero-order chi connectivity index (χ0) is 14.5. The van der Waals surface area contributed by atoms with Crippen LogP contribution >= 0.6 is 0 Å². The van der Waals surface area contributed by atoms with Gasteiger partial charge in [-0.2, -0.15) is 0 Å². The summed E-state index contributed by atoms with van der Waals surface area (Å²) in [4.78, 5) is 25.2. The van der Waals surface area contributed by atoms with Crippen molar-refractivity contribution in [3.63, 3.8) is 0 Å². The van der Waals surface area contributed by atoms with Gasteiger partial charge in [0.05, 0.1) is 0 Å². The first-order valence-electron chi connectivity index (χ1n) is 6.95. The highest BCUT2D eigenvalue weighted by Crippen LogP contribution is 2.22. The molecule has 0 aromatic heterocycles. The molecule has 1 fully saturated rings. The lowest BCUT2D eigenvalue weighted by molar-refractivity contribution is -0.156. The highest BCUT2D eigenvalue weighted by molar-refractivity contribution is 5.87. The van der Waals surface area contributed by atoms with E-state index in [4.69, 9.17) is 4.74 Å². The lowest BCUT2D eigenvalue weighted by Crippen LogP contribution is -2.30. The molecule has 0 unspecified atom stereocenters. The Bertz CT molecular complexity index is 344. The van der Waals surface area contributed by atoms with Crippen LogP contribution in [0.2, 0.25) is 0 Å². The summed E-state index contributed by atoms with van der Waals surface area (Å²) in [5.74, 6) is 0.163. The molecule has 0 aromatic carbocycles. The van der Waals surface area contributed by atoms with E-state index in [0.29, 0.717) is 18.9 Å². The smallest absolute Gasteiger partial charge is 0.306 e. The van der Waals surface area contributed by atoms with E-state index in [1.807, 2.05) is 25.7 Å². The highest BCUT2D eigenvalue weighted by atomic mass is 16.6. The normalized spacial score (nSPS) is 20.6. The van der Waals surface area contributed by atoms with Crippen LogP contribution in [0.1, 0.15) is 46.5 Å². The number of ether oxygens (including phenoxy) is 1. The maximum Gasteiger partial charge on any atom is 0.306 e. The van der Waals surface area contributed by atoms with Gasteiger partial charge in [-0.05, 0) is 52.0 Å². The van der Waals surface area contributed by atoms with Gasteiger partial charge in [-0.3, -0.25) is 9.59 Å². The van der Waals surface area contributed by atoms with Gasteiger partial charge in [0.2, 0.25) is 5.91 Å². The van der Waals surface area contributed by atoms with E-state index in [1.54, 1.807) is 0 Å². The molecule has 0 N–H and O–H groups in total. The second-order valence-electron chi connectivity index (χ2n) is 6.12. The van der Waals surface area contributed by atoms with Crippen molar-refractivity contribution in [1.82, 2.24) is 4.90 Å². The van der Waals surface area contributed by atoms with Crippen molar-refractivity contribution >= 4 is 11.9 Å². The predicted molar refractivity (Wildman–Crippen MR) is 74.6 cm³/mol. The summed E-state index contributed by atoms with van der Waals surface area (Å²) in [7, 11) is 0. The summed E-state index contributed by atoms with van der Waals surface area (Å²) in [6, 6.07) is 0. The van der Waals surface area contributed by atoms with E-state index in [0.717, 1.165) is 25.8 Å². The number of carbonyl (C=O) groups is 2. The van der Waals surface area contributed by atoms with E-state index in [2.05, 4.69) is 6.58 Å². The van der Waals surface area contributed by atoms with Gasteiger partial charge in [0.25, 0.3) is 0 Å². The minimum Gasteiger partial charge on any atom is -0.460 e. The first-order chi connectivity index (χ1) is 8.81. The Labute approximate surface area is 115 Å². The minimum absolute atomic E-state index is 0.0158. The van der Waals surface area contributed by atoms with Crippen molar-refractivity contribution < 1.29 is 14.3 Å². The van der Waals surface area contributed by atoms with Crippen molar-refractivity contribution in [2.45, 2.75) is 52.1 Å². The van der Waals surface area contributed by atoms with Gasteiger partial charge in [0.15, 0.2) is 0 Å². The minimum atomic E-state index is -0.424. The molecule has 0 aliphatic carbocycles. The van der Waals surface area contributed by atoms with E-state index < -0.39 is 5.60 Å². The molecule has 1 saturated heterocycles. The van der Waals surface area contributed by atoms with Crippen LogP contribution in [0.3, 0.4) is 0 Å². The molecule has 1 aliphatic rings. The van der Waals surface area contributed by atoms with E-state index >= 15 is 0 Å². The molecule has 1 atom stereocenters. The third-order valence-corrected chi connectivity index (χ3v) is 3.21. The Hall–Kier alpha value is -1.32. The number of hydrogen-bond donors (Lipinski definition) is 0. The van der Waals surface area contributed by atoms with Gasteiger partial charge in [0.1, 0.15) is 5.60 Å². The zero-order valence-electron chi connectivity index (χ0n) is 12.3. The molecule has 0 bridgehead atoms. The van der Waals surface area contributed by atoms with Crippen LogP contribution in [-0.4, -0.2) is 35.5 Å². The van der Waals surface area contributed by atoms with E-state index in [-0.39, 0.29) is 11.9 Å². The van der Waals surface area contributed by atoms with Gasteiger partial charge in [-0.25, -0.2) is 0 Å². The second-order valence-corrected chi connectivity index (χ2v) is 6.12. The number of hydrogen-bond acceptors (Lipinski definition) is 3. The molecular weight excluding hydrogens is 242 g/mol. The molecule has 1 rings (SSSR count). The first kappa shape index (κ1) is 15.7. The number of rotatable bonds is 3. The van der Waals surface area contributed by atoms with Crippen LogP contribution in [0.15, 0.2) is 12.7 Å². The van der Waals surface area contributed by atoms with Crippen molar-refractivity contribution in [3.8, 4) is 0 Å². The summed E-state index contributed by atoms with van der Waals surface area (Å²) in [5.41, 5.74) is -0.424. The molecule has 1 amide bonds. The summed E-state index contributed by atoms with van der Waals surface area (Å²) in [6.07, 6.45) is 4.58. The largest absolute Gasteiger partial charge is 0.460 e. The molecule has 0 radical (unpaired) electrons. The number of amides is 1. The SMILES string of the molecule is C=CC(=O)N1CCC[C@@H](CC(=O)OC(C)(C)C)CC1. The first-order valence-corrected chi connectivity index (χ1v) is 6.95. The average molecular weight is 267 g/mol. The lowest BCUT2D eigenvalue weighted by Gasteiger charge is -2.22.